The average Bonchev–Trinajstić information content (AvgIpc) is 2.69. The zero-order chi connectivity index (χ0) is 19.1. The van der Waals surface area contributed by atoms with Gasteiger partial charge in [0.1, 0.15) is 11.9 Å². The van der Waals surface area contributed by atoms with Gasteiger partial charge < -0.3 is 10.6 Å². The van der Waals surface area contributed by atoms with Gasteiger partial charge in [0.05, 0.1) is 0 Å². The standard InChI is InChI=1S/C22H19FN2O2/c23-18-12-7-13-19(15-18)24-22(27)20(14-16-8-3-1-4-9-16)25-21(26)17-10-5-2-6-11-17/h1-13,15,20H,14H2,(H,24,27)(H,25,26). The zero-order valence-electron chi connectivity index (χ0n) is 14.6. The fourth-order valence-electron chi connectivity index (χ4n) is 2.69. The van der Waals surface area contributed by atoms with Crippen LogP contribution in [-0.4, -0.2) is 17.9 Å². The Balaban J connectivity index is 1.78. The Bertz CT molecular complexity index is 914. The Kier molecular flexibility index (Phi) is 5.94. The number of carbonyl (C=O) groups is 2. The lowest BCUT2D eigenvalue weighted by Crippen LogP contribution is -2.45. The van der Waals surface area contributed by atoms with E-state index in [-0.39, 0.29) is 5.91 Å². The minimum atomic E-state index is -0.802. The van der Waals surface area contributed by atoms with Crippen LogP contribution in [0.3, 0.4) is 0 Å². The van der Waals surface area contributed by atoms with Crippen LogP contribution in [0.4, 0.5) is 10.1 Å². The van der Waals surface area contributed by atoms with Gasteiger partial charge in [0.2, 0.25) is 5.91 Å². The maximum atomic E-state index is 13.4. The van der Waals surface area contributed by atoms with Crippen LogP contribution in [0.1, 0.15) is 15.9 Å². The topological polar surface area (TPSA) is 58.2 Å². The van der Waals surface area contributed by atoms with E-state index in [0.29, 0.717) is 17.7 Å². The molecular weight excluding hydrogens is 343 g/mol. The first-order valence-corrected chi connectivity index (χ1v) is 8.58. The van der Waals surface area contributed by atoms with Gasteiger partial charge in [-0.2, -0.15) is 0 Å². The summed E-state index contributed by atoms with van der Waals surface area (Å²) in [6.07, 6.45) is 0.320. The summed E-state index contributed by atoms with van der Waals surface area (Å²) in [5, 5.41) is 5.44. The molecule has 0 aliphatic rings. The number of hydrogen-bond acceptors (Lipinski definition) is 2. The van der Waals surface area contributed by atoms with Gasteiger partial charge in [-0.15, -0.1) is 0 Å². The summed E-state index contributed by atoms with van der Waals surface area (Å²) in [5.74, 6) is -1.19. The fourth-order valence-corrected chi connectivity index (χ4v) is 2.69. The van der Waals surface area contributed by atoms with Crippen molar-refractivity contribution in [1.82, 2.24) is 5.32 Å². The molecule has 0 heterocycles. The first-order valence-electron chi connectivity index (χ1n) is 8.58. The third-order valence-corrected chi connectivity index (χ3v) is 4.03. The maximum Gasteiger partial charge on any atom is 0.251 e. The van der Waals surface area contributed by atoms with E-state index < -0.39 is 17.8 Å². The van der Waals surface area contributed by atoms with Crippen LogP contribution in [0, 0.1) is 5.82 Å². The normalized spacial score (nSPS) is 11.4. The first-order chi connectivity index (χ1) is 13.1. The molecule has 0 aliphatic heterocycles. The van der Waals surface area contributed by atoms with Gasteiger partial charge in [-0.1, -0.05) is 54.6 Å². The minimum Gasteiger partial charge on any atom is -0.340 e. The molecule has 27 heavy (non-hydrogen) atoms. The van der Waals surface area contributed by atoms with Crippen LogP contribution in [-0.2, 0) is 11.2 Å². The molecule has 0 fully saturated rings. The van der Waals surface area contributed by atoms with E-state index in [1.807, 2.05) is 36.4 Å². The van der Waals surface area contributed by atoms with Gasteiger partial charge in [0, 0.05) is 17.7 Å². The van der Waals surface area contributed by atoms with Crippen molar-refractivity contribution in [3.8, 4) is 0 Å². The number of hydrogen-bond donors (Lipinski definition) is 2. The van der Waals surface area contributed by atoms with Crippen LogP contribution in [0.25, 0.3) is 0 Å². The molecule has 0 saturated heterocycles. The minimum absolute atomic E-state index is 0.320. The first kappa shape index (κ1) is 18.3. The molecule has 0 aliphatic carbocycles. The van der Waals surface area contributed by atoms with Crippen molar-refractivity contribution < 1.29 is 14.0 Å². The summed E-state index contributed by atoms with van der Waals surface area (Å²) in [5.41, 5.74) is 1.71. The van der Waals surface area contributed by atoms with E-state index in [4.69, 9.17) is 0 Å². The lowest BCUT2D eigenvalue weighted by Gasteiger charge is -2.19. The average molecular weight is 362 g/mol. The van der Waals surface area contributed by atoms with Crippen molar-refractivity contribution in [3.05, 3.63) is 102 Å². The maximum absolute atomic E-state index is 13.4. The summed E-state index contributed by atoms with van der Waals surface area (Å²) in [6.45, 7) is 0. The Morgan fingerprint density at radius 2 is 1.52 bits per heavy atom. The monoisotopic (exact) mass is 362 g/mol. The summed E-state index contributed by atoms with van der Waals surface area (Å²) in [7, 11) is 0. The van der Waals surface area contributed by atoms with Gasteiger partial charge in [0.15, 0.2) is 0 Å². The van der Waals surface area contributed by atoms with Crippen LogP contribution in [0.15, 0.2) is 84.9 Å². The molecule has 5 heteroatoms. The van der Waals surface area contributed by atoms with E-state index in [1.54, 1.807) is 30.3 Å². The summed E-state index contributed by atoms with van der Waals surface area (Å²) < 4.78 is 13.4. The van der Waals surface area contributed by atoms with Gasteiger partial charge >= 0.3 is 0 Å². The third-order valence-electron chi connectivity index (χ3n) is 4.03. The Morgan fingerprint density at radius 3 is 2.19 bits per heavy atom. The van der Waals surface area contributed by atoms with E-state index >= 15 is 0 Å². The van der Waals surface area contributed by atoms with E-state index in [1.165, 1.54) is 18.2 Å². The highest BCUT2D eigenvalue weighted by atomic mass is 19.1. The number of carbonyl (C=O) groups excluding carboxylic acids is 2. The van der Waals surface area contributed by atoms with Crippen LogP contribution < -0.4 is 10.6 Å². The second kappa shape index (κ2) is 8.76. The predicted molar refractivity (Wildman–Crippen MR) is 103 cm³/mol. The number of rotatable bonds is 6. The Hall–Kier alpha value is -3.47. The van der Waals surface area contributed by atoms with Gasteiger partial charge in [-0.3, -0.25) is 9.59 Å². The lowest BCUT2D eigenvalue weighted by molar-refractivity contribution is -0.118. The van der Waals surface area contributed by atoms with Crippen LogP contribution >= 0.6 is 0 Å². The highest BCUT2D eigenvalue weighted by Gasteiger charge is 2.22. The summed E-state index contributed by atoms with van der Waals surface area (Å²) >= 11 is 0. The molecule has 4 nitrogen and oxygen atoms in total. The SMILES string of the molecule is O=C(NC(Cc1ccccc1)C(=O)Nc1cccc(F)c1)c1ccccc1. The largest absolute Gasteiger partial charge is 0.340 e. The fraction of sp³-hybridized carbons (Fsp3) is 0.0909. The second-order valence-electron chi connectivity index (χ2n) is 6.08. The third kappa shape index (κ3) is 5.25. The molecule has 2 N–H and O–H groups in total. The zero-order valence-corrected chi connectivity index (χ0v) is 14.6. The van der Waals surface area contributed by atoms with Crippen molar-refractivity contribution in [1.29, 1.82) is 0 Å². The molecule has 2 amide bonds. The number of nitrogens with one attached hydrogen (secondary N) is 2. The molecule has 0 spiro atoms. The van der Waals surface area contributed by atoms with Crippen LogP contribution in [0.2, 0.25) is 0 Å². The molecule has 1 unspecified atom stereocenters. The van der Waals surface area contributed by atoms with Crippen molar-refractivity contribution in [2.24, 2.45) is 0 Å². The molecule has 0 saturated carbocycles. The van der Waals surface area contributed by atoms with E-state index in [2.05, 4.69) is 10.6 Å². The molecule has 3 aromatic carbocycles. The summed E-state index contributed by atoms with van der Waals surface area (Å²) in [6, 6.07) is 22.9. The van der Waals surface area contributed by atoms with Crippen LogP contribution in [0.5, 0.6) is 0 Å². The summed E-state index contributed by atoms with van der Waals surface area (Å²) in [4.78, 5) is 25.3. The molecule has 3 rings (SSSR count). The number of amides is 2. The Labute approximate surface area is 157 Å². The number of benzene rings is 3. The molecule has 0 radical (unpaired) electrons. The number of halogens is 1. The lowest BCUT2D eigenvalue weighted by atomic mass is 10.0. The molecular formula is C22H19FN2O2. The molecule has 3 aromatic rings. The smallest absolute Gasteiger partial charge is 0.251 e. The van der Waals surface area contributed by atoms with Gasteiger partial charge in [-0.05, 0) is 35.9 Å². The highest BCUT2D eigenvalue weighted by Crippen LogP contribution is 2.12. The van der Waals surface area contributed by atoms with E-state index in [9.17, 15) is 14.0 Å². The van der Waals surface area contributed by atoms with Crippen molar-refractivity contribution >= 4 is 17.5 Å². The molecule has 0 bridgehead atoms. The predicted octanol–water partition coefficient (Wildman–Crippen LogP) is 3.81. The van der Waals surface area contributed by atoms with Crippen molar-refractivity contribution in [2.45, 2.75) is 12.5 Å². The van der Waals surface area contributed by atoms with E-state index in [0.717, 1.165) is 5.56 Å². The quantitative estimate of drug-likeness (QED) is 0.701. The number of anilines is 1. The van der Waals surface area contributed by atoms with Gasteiger partial charge in [0.25, 0.3) is 5.91 Å². The van der Waals surface area contributed by atoms with Crippen molar-refractivity contribution in [2.75, 3.05) is 5.32 Å². The Morgan fingerprint density at radius 1 is 0.852 bits per heavy atom. The molecule has 0 aromatic heterocycles. The second-order valence-corrected chi connectivity index (χ2v) is 6.08. The van der Waals surface area contributed by atoms with Gasteiger partial charge in [-0.25, -0.2) is 4.39 Å². The molecule has 1 atom stereocenters. The van der Waals surface area contributed by atoms with Crippen molar-refractivity contribution in [3.63, 3.8) is 0 Å². The molecule has 136 valence electrons. The highest BCUT2D eigenvalue weighted by molar-refractivity contribution is 6.01.